The number of carboxylic acid groups (broad SMARTS) is 1. The number of ether oxygens (including phenoxy) is 8. The lowest BCUT2D eigenvalue weighted by atomic mass is 9.85. The highest BCUT2D eigenvalue weighted by Gasteiger charge is 2.39. The molecule has 0 spiro atoms. The van der Waals surface area contributed by atoms with Gasteiger partial charge in [0.05, 0.1) is 83.1 Å². The van der Waals surface area contributed by atoms with Crippen LogP contribution in [0, 0.1) is 38.2 Å². The molecular formula is C91H86F9N3O12. The molecule has 6 heterocycles. The molecule has 0 fully saturated rings. The summed E-state index contributed by atoms with van der Waals surface area (Å²) in [7, 11) is 0. The number of hydrogen-bond donors (Lipinski definition) is 1. The highest BCUT2D eigenvalue weighted by molar-refractivity contribution is 6.12. The monoisotopic (exact) mass is 1580 g/mol. The lowest BCUT2D eigenvalue weighted by molar-refractivity contribution is -0.167. The second-order valence-electron chi connectivity index (χ2n) is 31.5. The number of aryl methyl sites for hydroxylation is 3. The van der Waals surface area contributed by atoms with E-state index in [-0.39, 0.29) is 13.2 Å². The van der Waals surface area contributed by atoms with Crippen molar-refractivity contribution in [3.8, 4) is 50.6 Å². The van der Waals surface area contributed by atoms with E-state index in [1.165, 1.54) is 12.1 Å². The number of hydrogen-bond acceptors (Lipinski definition) is 14. The number of benzene rings is 9. The third kappa shape index (κ3) is 16.4. The van der Waals surface area contributed by atoms with Gasteiger partial charge in [0.15, 0.2) is 18.3 Å². The van der Waals surface area contributed by atoms with Crippen molar-refractivity contribution in [1.82, 2.24) is 15.0 Å². The van der Waals surface area contributed by atoms with E-state index in [9.17, 15) is 50.2 Å². The molecule has 12 aromatic rings. The van der Waals surface area contributed by atoms with Gasteiger partial charge >= 0.3 is 17.9 Å². The molecule has 15 rings (SSSR count). The third-order valence-corrected chi connectivity index (χ3v) is 20.2. The Morgan fingerprint density at radius 2 is 0.696 bits per heavy atom. The summed E-state index contributed by atoms with van der Waals surface area (Å²) in [6.07, 6.45) is -5.53. The Kier molecular flexibility index (Phi) is 23.1. The molecule has 0 amide bonds. The van der Waals surface area contributed by atoms with Crippen molar-refractivity contribution in [3.63, 3.8) is 0 Å². The van der Waals surface area contributed by atoms with Crippen LogP contribution in [0.15, 0.2) is 128 Å². The average molecular weight is 1580 g/mol. The largest absolute Gasteiger partial charge is 0.493 e. The first-order valence-electron chi connectivity index (χ1n) is 37.8. The molecule has 0 aliphatic carbocycles. The second-order valence-corrected chi connectivity index (χ2v) is 31.5. The maximum atomic E-state index is 15.1. The van der Waals surface area contributed by atoms with Crippen molar-refractivity contribution >= 4 is 82.9 Å². The summed E-state index contributed by atoms with van der Waals surface area (Å²) in [5.74, 6) is -3.53. The van der Waals surface area contributed by atoms with Crippen LogP contribution in [0.5, 0.6) is 17.2 Å². The van der Waals surface area contributed by atoms with Crippen molar-refractivity contribution in [2.75, 3.05) is 33.0 Å². The van der Waals surface area contributed by atoms with Crippen LogP contribution in [0.4, 0.5) is 39.5 Å². The zero-order valence-electron chi connectivity index (χ0n) is 65.9. The number of carbonyl (C=O) groups excluding carboxylic acids is 2. The van der Waals surface area contributed by atoms with Crippen LogP contribution in [0.1, 0.15) is 181 Å². The zero-order valence-corrected chi connectivity index (χ0v) is 65.9. The summed E-state index contributed by atoms with van der Waals surface area (Å²) in [4.78, 5) is 53.2. The number of esters is 2. The van der Waals surface area contributed by atoms with Crippen LogP contribution in [0.3, 0.4) is 0 Å². The van der Waals surface area contributed by atoms with E-state index in [0.717, 1.165) is 57.1 Å². The Bertz CT molecular complexity index is 5600. The number of alkyl halides is 6. The summed E-state index contributed by atoms with van der Waals surface area (Å²) in [6, 6.07) is 28.3. The fourth-order valence-corrected chi connectivity index (χ4v) is 15.7. The number of rotatable bonds is 17. The molecule has 3 aliphatic rings. The summed E-state index contributed by atoms with van der Waals surface area (Å²) >= 11 is 0. The van der Waals surface area contributed by atoms with E-state index < -0.39 is 106 Å². The molecular weight excluding hydrogens is 1500 g/mol. The van der Waals surface area contributed by atoms with Crippen molar-refractivity contribution in [2.24, 2.45) is 0 Å². The lowest BCUT2D eigenvalue weighted by Gasteiger charge is -2.30. The Morgan fingerprint density at radius 3 is 0.957 bits per heavy atom. The van der Waals surface area contributed by atoms with E-state index >= 15 is 8.78 Å². The van der Waals surface area contributed by atoms with Crippen LogP contribution in [-0.4, -0.2) is 87.8 Å². The minimum Gasteiger partial charge on any atom is -0.493 e. The summed E-state index contributed by atoms with van der Waals surface area (Å²) < 4.78 is 174. The number of halogens is 9. The first-order valence-corrected chi connectivity index (χ1v) is 37.8. The van der Waals surface area contributed by atoms with E-state index in [1.54, 1.807) is 104 Å². The Hall–Kier alpha value is -11.0. The molecule has 0 radical (unpaired) electrons. The SMILES string of the molecule is CCOC(=O)[C@@H](OC(C)(C)C)c1c(C)cc2cc(C(F)F)c(F)cc2c1-c1ccc2c3c(ccnc13)CCO2.CCOC(=O)[C@@H](OC(C)(C)C)c1c(C)cc2cc(C(F)F)c(F)cc2c1-c1ccc2c3c(ccnc13)CCO2.Cc1cc2cc(C(F)F)c(F)cc2c(-c2ccc3c4c(ccnc24)CCO3)c1[C@H](OC(C)(C)C)C(=O)O. The number of pyridine rings is 3. The van der Waals surface area contributed by atoms with Gasteiger partial charge in [0.1, 0.15) is 34.7 Å². The van der Waals surface area contributed by atoms with E-state index in [1.807, 2.05) is 84.0 Å². The molecule has 3 atom stereocenters. The summed E-state index contributed by atoms with van der Waals surface area (Å²) in [6.45, 7) is 26.7. The number of fused-ring (bicyclic) bond motifs is 3. The van der Waals surface area contributed by atoms with E-state index in [2.05, 4.69) is 15.0 Å². The number of nitrogens with zero attached hydrogens (tertiary/aromatic N) is 3. The molecule has 0 bridgehead atoms. The minimum absolute atomic E-state index is 0.136. The fraction of sp³-hybridized carbons (Fsp3) is 0.341. The molecule has 0 unspecified atom stereocenters. The van der Waals surface area contributed by atoms with Crippen molar-refractivity contribution in [3.05, 3.63) is 212 Å². The maximum Gasteiger partial charge on any atom is 0.339 e. The average Bonchev–Trinajstić information content (AvgIpc) is 0.737. The lowest BCUT2D eigenvalue weighted by Crippen LogP contribution is -2.29. The van der Waals surface area contributed by atoms with Gasteiger partial charge in [0.25, 0.3) is 19.3 Å². The molecule has 0 saturated heterocycles. The van der Waals surface area contributed by atoms with Gasteiger partial charge in [-0.2, -0.15) is 0 Å². The van der Waals surface area contributed by atoms with E-state index in [0.29, 0.717) is 172 Å². The Morgan fingerprint density at radius 1 is 0.417 bits per heavy atom. The predicted molar refractivity (Wildman–Crippen MR) is 422 cm³/mol. The number of aromatic nitrogens is 3. The maximum absolute atomic E-state index is 15.1. The van der Waals surface area contributed by atoms with Gasteiger partial charge in [0, 0.05) is 87.4 Å². The summed E-state index contributed by atoms with van der Waals surface area (Å²) in [5, 5.41) is 14.9. The quantitative estimate of drug-likeness (QED) is 0.0670. The molecule has 9 aromatic carbocycles. The number of aliphatic carboxylic acids is 1. The van der Waals surface area contributed by atoms with Gasteiger partial charge in [0.2, 0.25) is 0 Å². The van der Waals surface area contributed by atoms with Gasteiger partial charge < -0.3 is 43.0 Å². The van der Waals surface area contributed by atoms with Crippen LogP contribution >= 0.6 is 0 Å². The molecule has 15 nitrogen and oxygen atoms in total. The molecule has 24 heteroatoms. The number of carboxylic acids is 1. The molecule has 600 valence electrons. The summed E-state index contributed by atoms with van der Waals surface area (Å²) in [5.41, 5.74) is 6.64. The molecule has 115 heavy (non-hydrogen) atoms. The fourth-order valence-electron chi connectivity index (χ4n) is 15.7. The van der Waals surface area contributed by atoms with Gasteiger partial charge in [-0.15, -0.1) is 0 Å². The normalized spacial score (nSPS) is 14.1. The molecule has 1 N–H and O–H groups in total. The van der Waals surface area contributed by atoms with Crippen LogP contribution in [0.25, 0.3) is 98.4 Å². The topological polar surface area (TPSA) is 184 Å². The smallest absolute Gasteiger partial charge is 0.339 e. The Balaban J connectivity index is 0.000000150. The highest BCUT2D eigenvalue weighted by Crippen LogP contribution is 2.51. The predicted octanol–water partition coefficient (Wildman–Crippen LogP) is 22.9. The first kappa shape index (κ1) is 82.0. The van der Waals surface area contributed by atoms with Gasteiger partial charge in [-0.3, -0.25) is 15.0 Å². The van der Waals surface area contributed by atoms with Gasteiger partial charge in [-0.05, 0) is 270 Å². The molecule has 3 aromatic heterocycles. The van der Waals surface area contributed by atoms with Crippen LogP contribution in [0.2, 0.25) is 0 Å². The van der Waals surface area contributed by atoms with Gasteiger partial charge in [-0.25, -0.2) is 53.9 Å². The van der Waals surface area contributed by atoms with Crippen LogP contribution in [-0.2, 0) is 57.3 Å². The van der Waals surface area contributed by atoms with Crippen molar-refractivity contribution in [2.45, 2.75) is 171 Å². The third-order valence-electron chi connectivity index (χ3n) is 20.2. The van der Waals surface area contributed by atoms with Gasteiger partial charge in [-0.1, -0.05) is 18.2 Å². The molecule has 0 saturated carbocycles. The first-order chi connectivity index (χ1) is 54.5. The molecule has 3 aliphatic heterocycles. The van der Waals surface area contributed by atoms with Crippen molar-refractivity contribution < 1.29 is 96.9 Å². The zero-order chi connectivity index (χ0) is 82.8. The second kappa shape index (κ2) is 32.4. The minimum atomic E-state index is -3.00. The number of carbonyl (C=O) groups is 3. The highest BCUT2D eigenvalue weighted by atomic mass is 19.3. The van der Waals surface area contributed by atoms with Crippen molar-refractivity contribution in [1.29, 1.82) is 0 Å². The van der Waals surface area contributed by atoms with Crippen LogP contribution < -0.4 is 14.2 Å². The standard InChI is InChI=1S/2C31H30F3NO4.C29H26F3NO4/c2*1-6-37-30(36)28(39-31(3,4)5)24-16(2)13-18-14-21(29(33)34)22(32)15-20(18)26(24)19-7-8-23-25-17(10-12-38-23)9-11-35-27(19)25;1-14-11-16-12-19(27(31)32)20(30)13-18(16)24(22(14)26(28(34)35)37-29(2,3)4)17-5-6-21-23-15(8-10-36-21)7-9-33-25(17)23/h2*7-9,11,13-15,28-29H,6,10,12H2,1-5H3;5-7,9,11-13,26-27H,8,10H2,1-4H3,(H,34,35)/t2*28-;26-/m000/s1. The van der Waals surface area contributed by atoms with E-state index in [4.69, 9.17) is 37.9 Å². The Labute approximate surface area is 658 Å².